The van der Waals surface area contributed by atoms with E-state index in [0.29, 0.717) is 32.7 Å². The molecule has 3 aliphatic heterocycles. The molecule has 9 heteroatoms. The molecule has 5 rings (SSSR count). The van der Waals surface area contributed by atoms with Crippen LogP contribution in [0.5, 0.6) is 0 Å². The summed E-state index contributed by atoms with van der Waals surface area (Å²) in [5.74, 6) is 1.25. The standard InChI is InChI=1S/C27H36N6O3/c1-20(34)21-7-10-31(11-8-21)26-15-28-24(14-29-26)17-32-12-13-33(27(32)36)19-25(35)18-30-9-6-22-4-2-3-5-23(22)16-30/h2-5,14-15,21,25,35H,6-13,16-19H2,1H3. The number of nitrogens with zero attached hydrogens (tertiary/aromatic N) is 6. The van der Waals surface area contributed by atoms with Gasteiger partial charge in [-0.3, -0.25) is 14.7 Å². The smallest absolute Gasteiger partial charge is 0.320 e. The Morgan fingerprint density at radius 2 is 1.75 bits per heavy atom. The maximum Gasteiger partial charge on any atom is 0.320 e. The number of aromatic nitrogens is 2. The minimum absolute atomic E-state index is 0.0600. The van der Waals surface area contributed by atoms with Crippen LogP contribution in [0.1, 0.15) is 36.6 Å². The first-order valence-electron chi connectivity index (χ1n) is 13.0. The van der Waals surface area contributed by atoms with Crippen molar-refractivity contribution in [1.29, 1.82) is 0 Å². The topological polar surface area (TPSA) is 93.1 Å². The number of urea groups is 1. The van der Waals surface area contributed by atoms with Crippen molar-refractivity contribution < 1.29 is 14.7 Å². The summed E-state index contributed by atoms with van der Waals surface area (Å²) in [4.78, 5) is 41.6. The highest BCUT2D eigenvalue weighted by Crippen LogP contribution is 2.23. The molecule has 1 atom stereocenters. The van der Waals surface area contributed by atoms with Gasteiger partial charge in [0.2, 0.25) is 0 Å². The molecule has 0 spiro atoms. The summed E-state index contributed by atoms with van der Waals surface area (Å²) in [5, 5.41) is 10.7. The number of aliphatic hydroxyl groups excluding tert-OH is 1. The molecule has 0 saturated carbocycles. The molecule has 2 amide bonds. The first-order valence-corrected chi connectivity index (χ1v) is 13.0. The van der Waals surface area contributed by atoms with E-state index >= 15 is 0 Å². The fraction of sp³-hybridized carbons (Fsp3) is 0.556. The second-order valence-electron chi connectivity index (χ2n) is 10.3. The largest absolute Gasteiger partial charge is 0.390 e. The Morgan fingerprint density at radius 3 is 2.47 bits per heavy atom. The lowest BCUT2D eigenvalue weighted by Gasteiger charge is -2.31. The Labute approximate surface area is 212 Å². The summed E-state index contributed by atoms with van der Waals surface area (Å²) in [7, 11) is 0. The Bertz CT molecular complexity index is 1070. The van der Waals surface area contributed by atoms with E-state index < -0.39 is 6.10 Å². The number of carbonyl (C=O) groups is 2. The number of anilines is 1. The lowest BCUT2D eigenvalue weighted by atomic mass is 9.93. The number of hydrogen-bond donors (Lipinski definition) is 1. The normalized spacial score (nSPS) is 20.1. The fourth-order valence-corrected chi connectivity index (χ4v) is 5.57. The molecule has 9 nitrogen and oxygen atoms in total. The number of fused-ring (bicyclic) bond motifs is 1. The van der Waals surface area contributed by atoms with Crippen LogP contribution in [0.3, 0.4) is 0 Å². The predicted octanol–water partition coefficient (Wildman–Crippen LogP) is 1.94. The number of rotatable bonds is 8. The number of ketones is 1. The molecule has 2 aromatic rings. The van der Waals surface area contributed by atoms with Crippen molar-refractivity contribution in [3.63, 3.8) is 0 Å². The Balaban J connectivity index is 1.08. The molecule has 1 unspecified atom stereocenters. The summed E-state index contributed by atoms with van der Waals surface area (Å²) < 4.78 is 0. The summed E-state index contributed by atoms with van der Waals surface area (Å²) in [6, 6.07) is 8.41. The van der Waals surface area contributed by atoms with Crippen molar-refractivity contribution in [3.05, 3.63) is 53.5 Å². The molecule has 2 saturated heterocycles. The minimum Gasteiger partial charge on any atom is -0.390 e. The number of carbonyl (C=O) groups excluding carboxylic acids is 2. The molecular formula is C27H36N6O3. The second kappa shape index (κ2) is 10.9. The van der Waals surface area contributed by atoms with E-state index in [1.165, 1.54) is 11.1 Å². The van der Waals surface area contributed by atoms with Crippen molar-refractivity contribution in [1.82, 2.24) is 24.7 Å². The SMILES string of the molecule is CC(=O)C1CCN(c2cnc(CN3CCN(CC(O)CN4CCc5ccccc5C4)C3=O)cn2)CC1. The minimum atomic E-state index is -0.578. The van der Waals surface area contributed by atoms with Crippen LogP contribution in [0.2, 0.25) is 0 Å². The number of Topliss-reactive ketones (excluding diaryl/α,β-unsaturated/α-hetero) is 1. The van der Waals surface area contributed by atoms with Crippen LogP contribution in [0, 0.1) is 5.92 Å². The van der Waals surface area contributed by atoms with Crippen molar-refractivity contribution in [2.75, 3.05) is 50.7 Å². The quantitative estimate of drug-likeness (QED) is 0.602. The zero-order valence-corrected chi connectivity index (χ0v) is 21.1. The first-order chi connectivity index (χ1) is 17.5. The Hall–Kier alpha value is -3.04. The Kier molecular flexibility index (Phi) is 7.48. The number of amides is 2. The average Bonchev–Trinajstić information content (AvgIpc) is 3.22. The molecule has 2 fully saturated rings. The van der Waals surface area contributed by atoms with Crippen LogP contribution in [0.4, 0.5) is 10.6 Å². The van der Waals surface area contributed by atoms with Gasteiger partial charge in [0.25, 0.3) is 0 Å². The summed E-state index contributed by atoms with van der Waals surface area (Å²) in [6.45, 7) is 7.60. The van der Waals surface area contributed by atoms with E-state index in [0.717, 1.165) is 57.0 Å². The number of β-amino-alcohol motifs (C(OH)–C–C–N with tert-alkyl or cyclic N) is 1. The number of aliphatic hydroxyl groups is 1. The number of hydrogen-bond acceptors (Lipinski definition) is 7. The van der Waals surface area contributed by atoms with Crippen LogP contribution in [-0.2, 0) is 24.3 Å². The van der Waals surface area contributed by atoms with Crippen molar-refractivity contribution in [2.45, 2.75) is 45.4 Å². The maximum absolute atomic E-state index is 12.9. The van der Waals surface area contributed by atoms with E-state index in [1.807, 2.05) is 0 Å². The van der Waals surface area contributed by atoms with Gasteiger partial charge in [0.15, 0.2) is 0 Å². The zero-order valence-electron chi connectivity index (χ0n) is 21.1. The van der Waals surface area contributed by atoms with E-state index in [2.05, 4.69) is 44.0 Å². The summed E-state index contributed by atoms with van der Waals surface area (Å²) in [5.41, 5.74) is 3.47. The summed E-state index contributed by atoms with van der Waals surface area (Å²) in [6.07, 6.45) is 5.63. The molecule has 1 N–H and O–H groups in total. The third kappa shape index (κ3) is 5.68. The van der Waals surface area contributed by atoms with Crippen molar-refractivity contribution >= 4 is 17.6 Å². The van der Waals surface area contributed by atoms with Gasteiger partial charge in [-0.15, -0.1) is 0 Å². The fourth-order valence-electron chi connectivity index (χ4n) is 5.57. The molecule has 3 aliphatic rings. The monoisotopic (exact) mass is 492 g/mol. The molecule has 4 heterocycles. The van der Waals surface area contributed by atoms with Crippen LogP contribution in [-0.4, -0.2) is 93.5 Å². The third-order valence-corrected chi connectivity index (χ3v) is 7.73. The molecule has 192 valence electrons. The molecule has 1 aromatic heterocycles. The predicted molar refractivity (Wildman–Crippen MR) is 136 cm³/mol. The van der Waals surface area contributed by atoms with E-state index in [9.17, 15) is 14.7 Å². The van der Waals surface area contributed by atoms with Gasteiger partial charge in [-0.1, -0.05) is 24.3 Å². The van der Waals surface area contributed by atoms with Crippen LogP contribution < -0.4 is 4.90 Å². The third-order valence-electron chi connectivity index (χ3n) is 7.73. The van der Waals surface area contributed by atoms with E-state index in [1.54, 1.807) is 29.1 Å². The molecule has 0 bridgehead atoms. The lowest BCUT2D eigenvalue weighted by Crippen LogP contribution is -2.43. The van der Waals surface area contributed by atoms with Crippen molar-refractivity contribution in [2.24, 2.45) is 5.92 Å². The molecule has 0 radical (unpaired) electrons. The van der Waals surface area contributed by atoms with Crippen LogP contribution in [0.15, 0.2) is 36.7 Å². The van der Waals surface area contributed by atoms with Gasteiger partial charge < -0.3 is 19.8 Å². The van der Waals surface area contributed by atoms with E-state index in [-0.39, 0.29) is 17.7 Å². The van der Waals surface area contributed by atoms with Gasteiger partial charge in [0, 0.05) is 58.3 Å². The highest BCUT2D eigenvalue weighted by Gasteiger charge is 2.31. The zero-order chi connectivity index (χ0) is 25.1. The average molecular weight is 493 g/mol. The van der Waals surface area contributed by atoms with E-state index in [4.69, 9.17) is 0 Å². The molecule has 1 aromatic carbocycles. The highest BCUT2D eigenvalue weighted by atomic mass is 16.3. The number of benzene rings is 1. The first kappa shape index (κ1) is 24.6. The molecule has 36 heavy (non-hydrogen) atoms. The van der Waals surface area contributed by atoms with Gasteiger partial charge in [0.1, 0.15) is 11.6 Å². The van der Waals surface area contributed by atoms with Gasteiger partial charge in [0.05, 0.1) is 30.7 Å². The number of piperidine rings is 1. The van der Waals surface area contributed by atoms with Gasteiger partial charge in [-0.25, -0.2) is 9.78 Å². The second-order valence-corrected chi connectivity index (χ2v) is 10.3. The lowest BCUT2D eigenvalue weighted by molar-refractivity contribution is -0.121. The highest BCUT2D eigenvalue weighted by molar-refractivity contribution is 5.78. The van der Waals surface area contributed by atoms with Crippen molar-refractivity contribution in [3.8, 4) is 0 Å². The molecular weight excluding hydrogens is 456 g/mol. The summed E-state index contributed by atoms with van der Waals surface area (Å²) >= 11 is 0. The van der Waals surface area contributed by atoms with Gasteiger partial charge >= 0.3 is 6.03 Å². The Morgan fingerprint density at radius 1 is 1.00 bits per heavy atom. The van der Waals surface area contributed by atoms with Gasteiger partial charge in [-0.05, 0) is 37.3 Å². The van der Waals surface area contributed by atoms with Crippen LogP contribution in [0.25, 0.3) is 0 Å². The van der Waals surface area contributed by atoms with Gasteiger partial charge in [-0.2, -0.15) is 0 Å². The maximum atomic E-state index is 12.9. The van der Waals surface area contributed by atoms with Crippen LogP contribution >= 0.6 is 0 Å². The molecule has 0 aliphatic carbocycles.